The summed E-state index contributed by atoms with van der Waals surface area (Å²) in [5, 5.41) is 21.7. The van der Waals surface area contributed by atoms with Crippen LogP contribution in [0.2, 0.25) is 0 Å². The number of hydrogen-bond acceptors (Lipinski definition) is 0. The van der Waals surface area contributed by atoms with E-state index in [0.29, 0.717) is 0 Å². The first kappa shape index (κ1) is 35.8. The van der Waals surface area contributed by atoms with Crippen molar-refractivity contribution in [3.8, 4) is 44.5 Å². The Morgan fingerprint density at radius 2 is 0.565 bits per heavy atom. The lowest BCUT2D eigenvalue weighted by molar-refractivity contribution is 1.66. The summed E-state index contributed by atoms with van der Waals surface area (Å²) < 4.78 is 0. The topological polar surface area (TPSA) is 0 Å². The van der Waals surface area contributed by atoms with Crippen LogP contribution in [0.1, 0.15) is 0 Å². The molecule has 2 heterocycles. The van der Waals surface area contributed by atoms with Gasteiger partial charge in [-0.2, -0.15) is 0 Å². The minimum atomic E-state index is -0.527. The summed E-state index contributed by atoms with van der Waals surface area (Å²) in [6.45, 7) is 4.91. The van der Waals surface area contributed by atoms with Crippen molar-refractivity contribution < 1.29 is 0 Å². The molecule has 0 nitrogen and oxygen atoms in total. The molecule has 2 aromatic heterocycles. The van der Waals surface area contributed by atoms with Crippen LogP contribution < -0.4 is 0 Å². The lowest BCUT2D eigenvalue weighted by atomic mass is 9.81. The van der Waals surface area contributed by atoms with Crippen LogP contribution in [-0.4, -0.2) is 0 Å². The lowest BCUT2D eigenvalue weighted by Gasteiger charge is -2.22. The van der Waals surface area contributed by atoms with Crippen molar-refractivity contribution in [2.75, 3.05) is 0 Å². The maximum atomic E-state index is 2.56. The normalized spacial score (nSPS) is 12.6. The second-order valence-corrected chi connectivity index (χ2v) is 20.9. The Morgan fingerprint density at radius 3 is 1.02 bits per heavy atom. The zero-order valence-corrected chi connectivity index (χ0v) is 36.3. The summed E-state index contributed by atoms with van der Waals surface area (Å²) in [5.74, 6) is 0. The standard InChI is InChI=1S/C60H40P2/c1-61-54-34-12-10-20-40(54)50-32-16-30-48(59(50)61)38-26-14-28-46-52(38)36-53-39(49-31-17-33-51-41-21-11-13-35-55(41)62(2)60(49)51)27-15-29-47(53)58(46)57-44-24-8-6-22-42(44)56(37-18-4-3-5-19-37)43-23-7-9-25-45(43)57/h3-36H,1-2H3. The summed E-state index contributed by atoms with van der Waals surface area (Å²) in [5.41, 5.74) is 10.4. The first-order valence-electron chi connectivity index (χ1n) is 21.6. The molecule has 0 spiro atoms. The molecule has 0 fully saturated rings. The van der Waals surface area contributed by atoms with Gasteiger partial charge in [0.1, 0.15) is 0 Å². The van der Waals surface area contributed by atoms with Gasteiger partial charge < -0.3 is 0 Å². The fraction of sp³-hybridized carbons (Fsp3) is 0.0333. The van der Waals surface area contributed by atoms with E-state index in [0.717, 1.165) is 0 Å². The van der Waals surface area contributed by atoms with E-state index in [1.165, 1.54) is 130 Å². The Balaban J connectivity index is 1.23. The third kappa shape index (κ3) is 5.03. The summed E-state index contributed by atoms with van der Waals surface area (Å²) in [6.07, 6.45) is 0. The summed E-state index contributed by atoms with van der Waals surface area (Å²) in [4.78, 5) is 0. The average molecular weight is 823 g/mol. The van der Waals surface area contributed by atoms with E-state index in [1.54, 1.807) is 0 Å². The first-order chi connectivity index (χ1) is 30.7. The van der Waals surface area contributed by atoms with Crippen LogP contribution in [-0.2, 0) is 13.3 Å². The highest BCUT2D eigenvalue weighted by Gasteiger charge is 2.24. The van der Waals surface area contributed by atoms with Crippen molar-refractivity contribution in [2.45, 2.75) is 0 Å². The molecule has 2 heteroatoms. The van der Waals surface area contributed by atoms with Gasteiger partial charge >= 0.3 is 0 Å². The largest absolute Gasteiger partial charge is 0.111 e. The quantitative estimate of drug-likeness (QED) is 0.155. The number of fused-ring (bicyclic) bond motifs is 10. The highest BCUT2D eigenvalue weighted by atomic mass is 31.1. The van der Waals surface area contributed by atoms with Crippen molar-refractivity contribution in [2.24, 2.45) is 13.3 Å². The maximum absolute atomic E-state index is 2.56. The van der Waals surface area contributed by atoms with Gasteiger partial charge in [0, 0.05) is 20.5 Å². The van der Waals surface area contributed by atoms with Gasteiger partial charge in [-0.25, -0.2) is 0 Å². The zero-order valence-electron chi connectivity index (χ0n) is 34.5. The molecule has 0 amide bonds. The van der Waals surface area contributed by atoms with Gasteiger partial charge in [-0.3, -0.25) is 0 Å². The van der Waals surface area contributed by atoms with Gasteiger partial charge in [-0.15, -0.1) is 15.1 Å². The summed E-state index contributed by atoms with van der Waals surface area (Å²) >= 11 is 0. The van der Waals surface area contributed by atoms with Crippen LogP contribution in [0.4, 0.5) is 0 Å². The third-order valence-corrected chi connectivity index (χ3v) is 18.2. The van der Waals surface area contributed by atoms with Crippen molar-refractivity contribution in [3.63, 3.8) is 0 Å². The second kappa shape index (κ2) is 13.8. The van der Waals surface area contributed by atoms with Crippen LogP contribution in [0.5, 0.6) is 0 Å². The average Bonchev–Trinajstić information content (AvgIpc) is 3.80. The predicted octanol–water partition coefficient (Wildman–Crippen LogP) is 18.6. The van der Waals surface area contributed by atoms with E-state index < -0.39 is 15.1 Å². The smallest absolute Gasteiger partial charge is 0.00996 e. The van der Waals surface area contributed by atoms with Gasteiger partial charge in [-0.05, 0) is 129 Å². The van der Waals surface area contributed by atoms with Gasteiger partial charge in [0.05, 0.1) is 0 Å². The Kier molecular flexibility index (Phi) is 7.96. The monoisotopic (exact) mass is 822 g/mol. The lowest BCUT2D eigenvalue weighted by Crippen LogP contribution is -1.94. The van der Waals surface area contributed by atoms with E-state index in [-0.39, 0.29) is 0 Å². The molecule has 0 saturated heterocycles. The van der Waals surface area contributed by atoms with Gasteiger partial charge in [0.25, 0.3) is 0 Å². The van der Waals surface area contributed by atoms with E-state index in [4.69, 9.17) is 0 Å². The molecule has 2 unspecified atom stereocenters. The van der Waals surface area contributed by atoms with Crippen molar-refractivity contribution in [1.82, 2.24) is 0 Å². The van der Waals surface area contributed by atoms with Gasteiger partial charge in [-0.1, -0.05) is 200 Å². The summed E-state index contributed by atoms with van der Waals surface area (Å²) in [7, 11) is -1.05. The SMILES string of the molecule is Cp1c2ccccc2c2cccc(-c3cccc4c(-c5c6ccccc6c(-c6ccccc6)c6ccccc56)c5cccc(-c6cccc7c8ccccc8p(C)c67)c5cc34)c21. The van der Waals surface area contributed by atoms with Crippen LogP contribution in [0, 0.1) is 0 Å². The molecule has 0 aliphatic carbocycles. The fourth-order valence-corrected chi connectivity index (χ4v) is 15.6. The van der Waals surface area contributed by atoms with Crippen molar-refractivity contribution >= 4 is 100 Å². The molecular formula is C60H40P2. The molecule has 0 saturated carbocycles. The van der Waals surface area contributed by atoms with Gasteiger partial charge in [0.2, 0.25) is 0 Å². The summed E-state index contributed by atoms with van der Waals surface area (Å²) in [6, 6.07) is 78.1. The number of hydrogen-bond donors (Lipinski definition) is 0. The van der Waals surface area contributed by atoms with E-state index in [9.17, 15) is 0 Å². The fourth-order valence-electron chi connectivity index (χ4n) is 11.1. The van der Waals surface area contributed by atoms with Crippen LogP contribution in [0.3, 0.4) is 0 Å². The van der Waals surface area contributed by atoms with E-state index >= 15 is 0 Å². The van der Waals surface area contributed by atoms with Crippen LogP contribution >= 0.6 is 15.1 Å². The zero-order chi connectivity index (χ0) is 41.1. The maximum Gasteiger partial charge on any atom is 0.00996 e. The Morgan fingerprint density at radius 1 is 0.242 bits per heavy atom. The molecule has 0 aliphatic rings. The molecule has 11 aromatic carbocycles. The molecule has 290 valence electrons. The van der Waals surface area contributed by atoms with Crippen LogP contribution in [0.25, 0.3) is 130 Å². The van der Waals surface area contributed by atoms with E-state index in [2.05, 4.69) is 220 Å². The number of benzene rings is 11. The van der Waals surface area contributed by atoms with Crippen LogP contribution in [0.15, 0.2) is 206 Å². The minimum absolute atomic E-state index is 0.527. The molecular weight excluding hydrogens is 783 g/mol. The molecule has 13 aromatic rings. The highest BCUT2D eigenvalue weighted by Crippen LogP contribution is 2.55. The molecule has 0 bridgehead atoms. The Bertz CT molecular complexity index is 3760. The minimum Gasteiger partial charge on any atom is -0.111 e. The molecule has 0 aliphatic heterocycles. The molecule has 0 N–H and O–H groups in total. The van der Waals surface area contributed by atoms with Gasteiger partial charge in [0.15, 0.2) is 0 Å². The Labute approximate surface area is 362 Å². The molecule has 13 rings (SSSR count). The number of rotatable bonds is 4. The van der Waals surface area contributed by atoms with Crippen molar-refractivity contribution in [3.05, 3.63) is 206 Å². The van der Waals surface area contributed by atoms with Crippen molar-refractivity contribution in [1.29, 1.82) is 0 Å². The number of aryl methyl sites for hydroxylation is 2. The third-order valence-electron chi connectivity index (χ3n) is 13.7. The Hall–Kier alpha value is -6.94. The molecule has 2 atom stereocenters. The second-order valence-electron chi connectivity index (χ2n) is 16.8. The molecule has 62 heavy (non-hydrogen) atoms. The predicted molar refractivity (Wildman–Crippen MR) is 276 cm³/mol. The first-order valence-corrected chi connectivity index (χ1v) is 25.1. The highest BCUT2D eigenvalue weighted by molar-refractivity contribution is 7.60. The molecule has 0 radical (unpaired) electrons. The van der Waals surface area contributed by atoms with E-state index in [1.807, 2.05) is 0 Å².